The third-order valence-electron chi connectivity index (χ3n) is 4.16. The summed E-state index contributed by atoms with van der Waals surface area (Å²) in [6.07, 6.45) is 0. The van der Waals surface area contributed by atoms with E-state index in [4.69, 9.17) is 0 Å². The van der Waals surface area contributed by atoms with E-state index in [1.54, 1.807) is 0 Å². The maximum absolute atomic E-state index is 9.41. The van der Waals surface area contributed by atoms with Crippen molar-refractivity contribution in [2.75, 3.05) is 19.7 Å². The second-order valence-electron chi connectivity index (χ2n) is 5.63. The maximum atomic E-state index is 9.41. The van der Waals surface area contributed by atoms with Gasteiger partial charge in [0.05, 0.1) is 0 Å². The average Bonchev–Trinajstić information content (AvgIpc) is 2.43. The Hall–Kier alpha value is -0.0800. The summed E-state index contributed by atoms with van der Waals surface area (Å²) in [6.45, 7) is 13.8. The Bertz CT molecular complexity index is 193. The van der Waals surface area contributed by atoms with Crippen molar-refractivity contribution in [2.24, 2.45) is 17.3 Å². The first-order valence-electron chi connectivity index (χ1n) is 5.75. The molecule has 2 heteroatoms. The highest BCUT2D eigenvalue weighted by Crippen LogP contribution is 2.36. The minimum Gasteiger partial charge on any atom is -0.396 e. The Kier molecular flexibility index (Phi) is 3.59. The highest BCUT2D eigenvalue weighted by molar-refractivity contribution is 4.93. The molecule has 1 aliphatic heterocycles. The van der Waals surface area contributed by atoms with Gasteiger partial charge in [-0.25, -0.2) is 0 Å². The quantitative estimate of drug-likeness (QED) is 0.751. The molecule has 1 rings (SSSR count). The minimum absolute atomic E-state index is 0.114. The average molecular weight is 199 g/mol. The van der Waals surface area contributed by atoms with E-state index in [1.165, 1.54) is 0 Å². The molecule has 2 nitrogen and oxygen atoms in total. The van der Waals surface area contributed by atoms with Crippen LogP contribution in [0.25, 0.3) is 0 Å². The molecular weight excluding hydrogens is 174 g/mol. The van der Waals surface area contributed by atoms with Gasteiger partial charge in [-0.3, -0.25) is 4.90 Å². The van der Waals surface area contributed by atoms with Crippen molar-refractivity contribution in [3.05, 3.63) is 0 Å². The largest absolute Gasteiger partial charge is 0.396 e. The first kappa shape index (κ1) is 12.0. The number of likely N-dealkylation sites (tertiary alicyclic amines) is 1. The normalized spacial score (nSPS) is 36.6. The van der Waals surface area contributed by atoms with E-state index in [1.807, 2.05) is 0 Å². The molecule has 0 radical (unpaired) electrons. The van der Waals surface area contributed by atoms with Crippen molar-refractivity contribution in [1.82, 2.24) is 4.90 Å². The summed E-state index contributed by atoms with van der Waals surface area (Å²) >= 11 is 0. The van der Waals surface area contributed by atoms with Crippen molar-refractivity contribution >= 4 is 0 Å². The van der Waals surface area contributed by atoms with E-state index >= 15 is 0 Å². The summed E-state index contributed by atoms with van der Waals surface area (Å²) in [4.78, 5) is 2.52. The highest BCUT2D eigenvalue weighted by Gasteiger charge is 2.41. The monoisotopic (exact) mass is 199 g/mol. The van der Waals surface area contributed by atoms with Gasteiger partial charge in [-0.1, -0.05) is 27.7 Å². The van der Waals surface area contributed by atoms with Crippen molar-refractivity contribution in [2.45, 2.75) is 40.7 Å². The van der Waals surface area contributed by atoms with E-state index in [0.717, 1.165) is 13.1 Å². The summed E-state index contributed by atoms with van der Waals surface area (Å²) in [5.41, 5.74) is 0.114. The molecular formula is C12H25NO. The molecule has 0 aromatic rings. The van der Waals surface area contributed by atoms with E-state index < -0.39 is 0 Å². The third kappa shape index (κ3) is 2.12. The van der Waals surface area contributed by atoms with Crippen molar-refractivity contribution in [3.8, 4) is 0 Å². The van der Waals surface area contributed by atoms with E-state index in [2.05, 4.69) is 39.5 Å². The molecule has 1 aliphatic rings. The Labute approximate surface area is 88.3 Å². The van der Waals surface area contributed by atoms with Gasteiger partial charge in [-0.15, -0.1) is 0 Å². The van der Waals surface area contributed by atoms with Crippen LogP contribution in [0.1, 0.15) is 34.6 Å². The summed E-state index contributed by atoms with van der Waals surface area (Å²) in [5.74, 6) is 1.30. The van der Waals surface area contributed by atoms with Gasteiger partial charge < -0.3 is 5.11 Å². The number of rotatable bonds is 3. The Morgan fingerprint density at radius 3 is 2.36 bits per heavy atom. The lowest BCUT2D eigenvalue weighted by Gasteiger charge is -2.29. The van der Waals surface area contributed by atoms with Crippen molar-refractivity contribution < 1.29 is 5.11 Å². The fourth-order valence-corrected chi connectivity index (χ4v) is 2.19. The summed E-state index contributed by atoms with van der Waals surface area (Å²) < 4.78 is 0. The number of aliphatic hydroxyl groups is 1. The van der Waals surface area contributed by atoms with Gasteiger partial charge in [0.2, 0.25) is 0 Å². The molecule has 0 aromatic heterocycles. The van der Waals surface area contributed by atoms with Crippen LogP contribution >= 0.6 is 0 Å². The first-order valence-corrected chi connectivity index (χ1v) is 5.75. The predicted octanol–water partition coefficient (Wildman–Crippen LogP) is 1.98. The second-order valence-corrected chi connectivity index (χ2v) is 5.63. The fourth-order valence-electron chi connectivity index (χ4n) is 2.19. The van der Waals surface area contributed by atoms with Crippen molar-refractivity contribution in [1.29, 1.82) is 0 Å². The van der Waals surface area contributed by atoms with Crippen molar-refractivity contribution in [3.63, 3.8) is 0 Å². The lowest BCUT2D eigenvalue weighted by atomic mass is 9.82. The van der Waals surface area contributed by atoms with Crippen LogP contribution in [0.4, 0.5) is 0 Å². The Balaban J connectivity index is 2.63. The standard InChI is InChI=1S/C12H25NO/c1-9(2)11(4)13-6-10(3)12(5,7-13)8-14/h9-11,14H,6-8H2,1-5H3. The number of hydrogen-bond donors (Lipinski definition) is 1. The Morgan fingerprint density at radius 1 is 1.43 bits per heavy atom. The molecule has 1 heterocycles. The van der Waals surface area contributed by atoms with Crippen LogP contribution in [-0.2, 0) is 0 Å². The molecule has 1 saturated heterocycles. The summed E-state index contributed by atoms with van der Waals surface area (Å²) in [6, 6.07) is 0.630. The predicted molar refractivity (Wildman–Crippen MR) is 60.2 cm³/mol. The molecule has 0 aromatic carbocycles. The smallest absolute Gasteiger partial charge is 0.0500 e. The molecule has 0 bridgehead atoms. The molecule has 14 heavy (non-hydrogen) atoms. The highest BCUT2D eigenvalue weighted by atomic mass is 16.3. The molecule has 0 amide bonds. The van der Waals surface area contributed by atoms with Crippen LogP contribution in [0.2, 0.25) is 0 Å². The molecule has 3 atom stereocenters. The molecule has 84 valence electrons. The fraction of sp³-hybridized carbons (Fsp3) is 1.00. The van der Waals surface area contributed by atoms with Crippen LogP contribution < -0.4 is 0 Å². The number of hydrogen-bond acceptors (Lipinski definition) is 2. The third-order valence-corrected chi connectivity index (χ3v) is 4.16. The zero-order valence-electron chi connectivity index (χ0n) is 10.2. The molecule has 0 saturated carbocycles. The van der Waals surface area contributed by atoms with Gasteiger partial charge in [0.1, 0.15) is 0 Å². The summed E-state index contributed by atoms with van der Waals surface area (Å²) in [5, 5.41) is 9.41. The van der Waals surface area contributed by atoms with Gasteiger partial charge in [-0.2, -0.15) is 0 Å². The first-order chi connectivity index (χ1) is 6.40. The molecule has 1 fully saturated rings. The van der Waals surface area contributed by atoms with Crippen LogP contribution in [0.5, 0.6) is 0 Å². The van der Waals surface area contributed by atoms with Gasteiger partial charge in [0, 0.05) is 31.2 Å². The number of nitrogens with zero attached hydrogens (tertiary/aromatic N) is 1. The zero-order chi connectivity index (χ0) is 10.9. The van der Waals surface area contributed by atoms with E-state index in [9.17, 15) is 5.11 Å². The van der Waals surface area contributed by atoms with Crippen LogP contribution in [0.3, 0.4) is 0 Å². The van der Waals surface area contributed by atoms with Crippen LogP contribution in [0.15, 0.2) is 0 Å². The van der Waals surface area contributed by atoms with Gasteiger partial charge in [-0.05, 0) is 18.8 Å². The van der Waals surface area contributed by atoms with E-state index in [0.29, 0.717) is 24.5 Å². The van der Waals surface area contributed by atoms with Gasteiger partial charge in [0.25, 0.3) is 0 Å². The lowest BCUT2D eigenvalue weighted by molar-refractivity contribution is 0.109. The van der Waals surface area contributed by atoms with E-state index in [-0.39, 0.29) is 5.41 Å². The molecule has 0 aliphatic carbocycles. The Morgan fingerprint density at radius 2 is 2.00 bits per heavy atom. The number of aliphatic hydroxyl groups excluding tert-OH is 1. The second kappa shape index (κ2) is 4.19. The lowest BCUT2D eigenvalue weighted by Crippen LogP contribution is -2.37. The summed E-state index contributed by atoms with van der Waals surface area (Å²) in [7, 11) is 0. The maximum Gasteiger partial charge on any atom is 0.0500 e. The van der Waals surface area contributed by atoms with Crippen LogP contribution in [-0.4, -0.2) is 35.7 Å². The SMILES string of the molecule is CC(C)C(C)N1CC(C)C(C)(CO)C1. The topological polar surface area (TPSA) is 23.5 Å². The zero-order valence-corrected chi connectivity index (χ0v) is 10.2. The molecule has 3 unspecified atom stereocenters. The van der Waals surface area contributed by atoms with Crippen LogP contribution in [0, 0.1) is 17.3 Å². The molecule has 0 spiro atoms. The minimum atomic E-state index is 0.114. The molecule has 1 N–H and O–H groups in total. The van der Waals surface area contributed by atoms with Gasteiger partial charge in [0.15, 0.2) is 0 Å². The van der Waals surface area contributed by atoms with Gasteiger partial charge >= 0.3 is 0 Å².